The summed E-state index contributed by atoms with van der Waals surface area (Å²) in [7, 11) is 0. The predicted molar refractivity (Wildman–Crippen MR) is 53.6 cm³/mol. The fourth-order valence-corrected chi connectivity index (χ4v) is 2.90. The molecule has 1 saturated carbocycles. The molecule has 2 fully saturated rings. The molecule has 2 atom stereocenters. The Morgan fingerprint density at radius 3 is 2.54 bits per heavy atom. The van der Waals surface area contributed by atoms with E-state index in [1.54, 1.807) is 0 Å². The number of hydrogen-bond acceptors (Lipinski definition) is 2. The molecule has 0 bridgehead atoms. The van der Waals surface area contributed by atoms with Gasteiger partial charge in [0.1, 0.15) is 0 Å². The highest BCUT2D eigenvalue weighted by Gasteiger charge is 2.35. The normalized spacial score (nSPS) is 37.4. The van der Waals surface area contributed by atoms with Gasteiger partial charge in [0, 0.05) is 25.7 Å². The third kappa shape index (κ3) is 1.89. The average molecular weight is 183 g/mol. The van der Waals surface area contributed by atoms with Gasteiger partial charge in [0.2, 0.25) is 0 Å². The molecule has 2 rings (SSSR count). The quantitative estimate of drug-likeness (QED) is 0.701. The van der Waals surface area contributed by atoms with Gasteiger partial charge in [-0.15, -0.1) is 0 Å². The molecular weight excluding hydrogens is 162 g/mol. The molecule has 0 aromatic heterocycles. The second kappa shape index (κ2) is 3.97. The van der Waals surface area contributed by atoms with Crippen LogP contribution in [0.5, 0.6) is 0 Å². The Morgan fingerprint density at radius 2 is 1.92 bits per heavy atom. The van der Waals surface area contributed by atoms with Crippen LogP contribution in [-0.2, 0) is 0 Å². The Bertz CT molecular complexity index is 165. The number of nitrogens with zero attached hydrogens (tertiary/aromatic N) is 1. The number of hydrogen-bond donors (Lipinski definition) is 1. The molecule has 0 aromatic carbocycles. The largest absolute Gasteiger partial charge is 0.396 e. The fourth-order valence-electron chi connectivity index (χ4n) is 2.90. The highest BCUT2D eigenvalue weighted by Crippen LogP contribution is 2.32. The first-order valence-corrected chi connectivity index (χ1v) is 5.66. The van der Waals surface area contributed by atoms with Crippen LogP contribution in [0, 0.1) is 11.8 Å². The SMILES string of the molecule is CC1CN(C2CCCCC2CO)C1. The first-order valence-electron chi connectivity index (χ1n) is 5.66. The summed E-state index contributed by atoms with van der Waals surface area (Å²) in [5, 5.41) is 9.27. The number of likely N-dealkylation sites (tertiary alicyclic amines) is 1. The van der Waals surface area contributed by atoms with Crippen molar-refractivity contribution in [2.24, 2.45) is 11.8 Å². The van der Waals surface area contributed by atoms with Crippen molar-refractivity contribution in [3.63, 3.8) is 0 Å². The van der Waals surface area contributed by atoms with Gasteiger partial charge in [-0.05, 0) is 24.7 Å². The third-order valence-corrected chi connectivity index (χ3v) is 3.66. The van der Waals surface area contributed by atoms with Crippen LogP contribution in [0.2, 0.25) is 0 Å². The molecule has 1 aliphatic heterocycles. The smallest absolute Gasteiger partial charge is 0.0474 e. The fraction of sp³-hybridized carbons (Fsp3) is 1.00. The van der Waals surface area contributed by atoms with Crippen molar-refractivity contribution in [2.45, 2.75) is 38.6 Å². The van der Waals surface area contributed by atoms with E-state index in [0.717, 1.165) is 5.92 Å². The van der Waals surface area contributed by atoms with Gasteiger partial charge in [0.15, 0.2) is 0 Å². The minimum atomic E-state index is 0.398. The molecule has 1 N–H and O–H groups in total. The minimum absolute atomic E-state index is 0.398. The standard InChI is InChI=1S/C11H21NO/c1-9-6-12(7-9)11-5-3-2-4-10(11)8-13/h9-11,13H,2-8H2,1H3. The van der Waals surface area contributed by atoms with Crippen molar-refractivity contribution in [1.29, 1.82) is 0 Å². The van der Waals surface area contributed by atoms with E-state index in [1.807, 2.05) is 0 Å². The molecule has 0 amide bonds. The van der Waals surface area contributed by atoms with Gasteiger partial charge in [-0.3, -0.25) is 4.90 Å². The van der Waals surface area contributed by atoms with Gasteiger partial charge in [-0.25, -0.2) is 0 Å². The van der Waals surface area contributed by atoms with Gasteiger partial charge in [-0.2, -0.15) is 0 Å². The molecule has 0 aromatic rings. The van der Waals surface area contributed by atoms with E-state index in [1.165, 1.54) is 38.8 Å². The van der Waals surface area contributed by atoms with Crippen molar-refractivity contribution in [3.8, 4) is 0 Å². The molecule has 0 radical (unpaired) electrons. The minimum Gasteiger partial charge on any atom is -0.396 e. The van der Waals surface area contributed by atoms with Crippen LogP contribution >= 0.6 is 0 Å². The van der Waals surface area contributed by atoms with Crippen LogP contribution in [0.1, 0.15) is 32.6 Å². The lowest BCUT2D eigenvalue weighted by atomic mass is 9.81. The summed E-state index contributed by atoms with van der Waals surface area (Å²) in [5.41, 5.74) is 0. The molecule has 2 heteroatoms. The van der Waals surface area contributed by atoms with Gasteiger partial charge in [-0.1, -0.05) is 19.8 Å². The summed E-state index contributed by atoms with van der Waals surface area (Å²) in [5.74, 6) is 1.46. The van der Waals surface area contributed by atoms with Crippen LogP contribution in [0.4, 0.5) is 0 Å². The van der Waals surface area contributed by atoms with Crippen LogP contribution in [0.15, 0.2) is 0 Å². The third-order valence-electron chi connectivity index (χ3n) is 3.66. The van der Waals surface area contributed by atoms with Crippen molar-refractivity contribution in [1.82, 2.24) is 4.90 Å². The zero-order valence-electron chi connectivity index (χ0n) is 8.58. The van der Waals surface area contributed by atoms with Gasteiger partial charge in [0.05, 0.1) is 0 Å². The maximum absolute atomic E-state index is 9.27. The lowest BCUT2D eigenvalue weighted by Gasteiger charge is -2.47. The summed E-state index contributed by atoms with van der Waals surface area (Å²) in [6, 6.07) is 0.704. The molecule has 1 saturated heterocycles. The van der Waals surface area contributed by atoms with E-state index in [0.29, 0.717) is 18.6 Å². The van der Waals surface area contributed by atoms with E-state index in [-0.39, 0.29) is 0 Å². The van der Waals surface area contributed by atoms with E-state index in [2.05, 4.69) is 11.8 Å². The molecule has 2 unspecified atom stereocenters. The first-order chi connectivity index (χ1) is 6.31. The zero-order chi connectivity index (χ0) is 9.26. The summed E-state index contributed by atoms with van der Waals surface area (Å²) in [4.78, 5) is 2.57. The lowest BCUT2D eigenvalue weighted by molar-refractivity contribution is -0.00294. The van der Waals surface area contributed by atoms with E-state index in [9.17, 15) is 5.11 Å². The lowest BCUT2D eigenvalue weighted by Crippen LogP contribution is -2.54. The van der Waals surface area contributed by atoms with E-state index in [4.69, 9.17) is 0 Å². The van der Waals surface area contributed by atoms with E-state index < -0.39 is 0 Å². The average Bonchev–Trinajstić information content (AvgIpc) is 2.13. The molecule has 1 heterocycles. The van der Waals surface area contributed by atoms with Gasteiger partial charge < -0.3 is 5.11 Å². The molecule has 13 heavy (non-hydrogen) atoms. The second-order valence-corrected chi connectivity index (χ2v) is 4.85. The Hall–Kier alpha value is -0.0800. The Kier molecular flexibility index (Phi) is 2.89. The number of aliphatic hydroxyl groups is 1. The number of aliphatic hydroxyl groups excluding tert-OH is 1. The molecule has 2 nitrogen and oxygen atoms in total. The highest BCUT2D eigenvalue weighted by atomic mass is 16.3. The molecule has 1 aliphatic carbocycles. The molecule has 76 valence electrons. The summed E-state index contributed by atoms with van der Waals surface area (Å²) in [6.07, 6.45) is 5.25. The Morgan fingerprint density at radius 1 is 1.23 bits per heavy atom. The monoisotopic (exact) mass is 183 g/mol. The summed E-state index contributed by atoms with van der Waals surface area (Å²) < 4.78 is 0. The Balaban J connectivity index is 1.87. The number of rotatable bonds is 2. The zero-order valence-corrected chi connectivity index (χ0v) is 8.58. The van der Waals surface area contributed by atoms with Crippen LogP contribution in [-0.4, -0.2) is 35.7 Å². The van der Waals surface area contributed by atoms with Gasteiger partial charge >= 0.3 is 0 Å². The molecule has 0 spiro atoms. The van der Waals surface area contributed by atoms with Crippen LogP contribution in [0.25, 0.3) is 0 Å². The van der Waals surface area contributed by atoms with E-state index >= 15 is 0 Å². The Labute approximate surface area is 80.9 Å². The van der Waals surface area contributed by atoms with Crippen molar-refractivity contribution < 1.29 is 5.11 Å². The first kappa shape index (κ1) is 9.47. The maximum atomic E-state index is 9.27. The van der Waals surface area contributed by atoms with Crippen LogP contribution in [0.3, 0.4) is 0 Å². The molecule has 2 aliphatic rings. The van der Waals surface area contributed by atoms with Crippen molar-refractivity contribution in [2.75, 3.05) is 19.7 Å². The maximum Gasteiger partial charge on any atom is 0.0474 e. The summed E-state index contributed by atoms with van der Waals surface area (Å²) in [6.45, 7) is 5.24. The molecular formula is C11H21NO. The van der Waals surface area contributed by atoms with Crippen molar-refractivity contribution >= 4 is 0 Å². The van der Waals surface area contributed by atoms with Gasteiger partial charge in [0.25, 0.3) is 0 Å². The second-order valence-electron chi connectivity index (χ2n) is 4.85. The van der Waals surface area contributed by atoms with Crippen LogP contribution < -0.4 is 0 Å². The predicted octanol–water partition coefficient (Wildman–Crippen LogP) is 1.49. The summed E-state index contributed by atoms with van der Waals surface area (Å²) >= 11 is 0. The topological polar surface area (TPSA) is 23.5 Å². The highest BCUT2D eigenvalue weighted by molar-refractivity contribution is 4.89. The van der Waals surface area contributed by atoms with Crippen molar-refractivity contribution in [3.05, 3.63) is 0 Å².